The van der Waals surface area contributed by atoms with Gasteiger partial charge in [-0.2, -0.15) is 0 Å². The number of carbonyl (C=O) groups excluding carboxylic acids is 1. The van der Waals surface area contributed by atoms with Crippen molar-refractivity contribution in [1.29, 1.82) is 0 Å². The summed E-state index contributed by atoms with van der Waals surface area (Å²) in [5, 5.41) is 27.1. The molecule has 2 unspecified atom stereocenters. The van der Waals surface area contributed by atoms with Gasteiger partial charge in [0.1, 0.15) is 12.2 Å². The average molecular weight is 461 g/mol. The number of hydrogen-bond acceptors (Lipinski definition) is 6. The van der Waals surface area contributed by atoms with Crippen molar-refractivity contribution in [2.24, 2.45) is 0 Å². The van der Waals surface area contributed by atoms with Gasteiger partial charge in [0.05, 0.1) is 13.2 Å². The summed E-state index contributed by atoms with van der Waals surface area (Å²) in [6, 6.07) is 14.9. The van der Waals surface area contributed by atoms with Gasteiger partial charge in [0.15, 0.2) is 0 Å². The van der Waals surface area contributed by atoms with E-state index in [-0.39, 0.29) is 92.4 Å². The number of halogens is 2. The molecule has 1 heterocycles. The summed E-state index contributed by atoms with van der Waals surface area (Å²) in [5.41, 5.74) is 2.13. The molecule has 6 nitrogen and oxygen atoms in total. The van der Waals surface area contributed by atoms with Gasteiger partial charge >= 0.3 is 59.1 Å². The maximum atomic E-state index is 8.74. The molecule has 2 aromatic carbocycles. The molecule has 0 aliphatic carbocycles. The van der Waals surface area contributed by atoms with Crippen LogP contribution in [0.4, 0.5) is 0 Å². The van der Waals surface area contributed by atoms with Gasteiger partial charge in [-0.25, -0.2) is 0 Å². The maximum absolute atomic E-state index is 8.74. The van der Waals surface area contributed by atoms with Crippen LogP contribution in [-0.4, -0.2) is 36.0 Å². The molecule has 29 heavy (non-hydrogen) atoms. The minimum Gasteiger partial charge on any atom is -1.00 e. The minimum absolute atomic E-state index is 0. The van der Waals surface area contributed by atoms with Crippen molar-refractivity contribution in [3.05, 3.63) is 75.8 Å². The molecule has 0 aromatic heterocycles. The third kappa shape index (κ3) is 13.9. The Morgan fingerprint density at radius 1 is 1.03 bits per heavy atom. The van der Waals surface area contributed by atoms with Crippen molar-refractivity contribution >= 4 is 35.8 Å². The number of hydrogen-bond donors (Lipinski definition) is 2. The van der Waals surface area contributed by atoms with Gasteiger partial charge in [0.2, 0.25) is 0 Å². The zero-order chi connectivity index (χ0) is 20.1. The van der Waals surface area contributed by atoms with E-state index in [1.165, 1.54) is 0 Å². The van der Waals surface area contributed by atoms with Crippen molar-refractivity contribution in [1.82, 2.24) is 0 Å². The molecule has 3 rings (SSSR count). The van der Waals surface area contributed by atoms with E-state index in [9.17, 15) is 0 Å². The average Bonchev–Trinajstić information content (AvgIpc) is 3.49. The molecule has 0 bridgehead atoms. The summed E-state index contributed by atoms with van der Waals surface area (Å²) in [6.07, 6.45) is 3.60. The molecule has 148 valence electrons. The number of aliphatic hydroxyl groups is 2. The largest absolute Gasteiger partial charge is 1.00 e. The van der Waals surface area contributed by atoms with Crippen molar-refractivity contribution < 1.29 is 90.4 Å². The Morgan fingerprint density at radius 3 is 1.90 bits per heavy atom. The summed E-state index contributed by atoms with van der Waals surface area (Å²) in [6.45, 7) is -0.0179. The van der Waals surface area contributed by atoms with Gasteiger partial charge in [-0.15, -0.1) is 0 Å². The van der Waals surface area contributed by atoms with Crippen molar-refractivity contribution in [2.75, 3.05) is 13.2 Å². The molecule has 2 N–H and O–H groups in total. The van der Waals surface area contributed by atoms with E-state index in [0.29, 0.717) is 0 Å². The van der Waals surface area contributed by atoms with Gasteiger partial charge in [-0.05, 0) is 35.4 Å². The standard InChI is InChI=1S/C9H9ClO2.C9H9ClO.CH2O3.2Na.H/c10-7-3-1-6(2-4-7)9-8(5-11)12-9;10-9-5-3-8(4-6-9)2-1-7-11;2-1-4-3;;;/h1-4,8-9,11H,5H2;1-6,11H,7H2;1,3H;;;/q;;;2*+1;-1/p-1/b;2-1+;;;;. The van der Waals surface area contributed by atoms with Gasteiger partial charge < -0.3 is 26.5 Å². The number of carbonyl (C=O) groups is 1. The summed E-state index contributed by atoms with van der Waals surface area (Å²) in [7, 11) is 0. The van der Waals surface area contributed by atoms with Crippen LogP contribution < -0.4 is 64.4 Å². The number of aliphatic hydroxyl groups excluding tert-OH is 2. The third-order valence-electron chi connectivity index (χ3n) is 3.29. The molecule has 0 radical (unpaired) electrons. The topological polar surface area (TPSA) is 102 Å². The molecule has 10 heteroatoms. The second kappa shape index (κ2) is 18.8. The van der Waals surface area contributed by atoms with E-state index in [1.54, 1.807) is 6.08 Å². The summed E-state index contributed by atoms with van der Waals surface area (Å²) >= 11 is 11.4. The molecule has 0 saturated carbocycles. The van der Waals surface area contributed by atoms with E-state index in [4.69, 9.17) is 48.2 Å². The number of ether oxygens (including phenoxy) is 1. The van der Waals surface area contributed by atoms with E-state index >= 15 is 0 Å². The van der Waals surface area contributed by atoms with Gasteiger partial charge in [0.25, 0.3) is 6.47 Å². The van der Waals surface area contributed by atoms with Crippen molar-refractivity contribution in [2.45, 2.75) is 12.2 Å². The van der Waals surface area contributed by atoms with Crippen molar-refractivity contribution in [3.63, 3.8) is 0 Å². The summed E-state index contributed by atoms with van der Waals surface area (Å²) in [4.78, 5) is 11.2. The summed E-state index contributed by atoms with van der Waals surface area (Å²) in [5.74, 6) is 0. The second-order valence-corrected chi connectivity index (χ2v) is 6.03. The van der Waals surface area contributed by atoms with Crippen LogP contribution in [0.5, 0.6) is 0 Å². The Kier molecular flexibility index (Phi) is 20.3. The molecule has 0 amide bonds. The molecule has 1 aliphatic heterocycles. The molecule has 2 atom stereocenters. The van der Waals surface area contributed by atoms with E-state index < -0.39 is 0 Å². The Morgan fingerprint density at radius 2 is 1.52 bits per heavy atom. The maximum Gasteiger partial charge on any atom is 1.00 e. The number of benzene rings is 2. The molecular formula is C19H20Cl2Na2O6. The first kappa shape index (κ1) is 31.3. The normalized spacial score (nSPS) is 16.0. The van der Waals surface area contributed by atoms with Crippen LogP contribution in [0.1, 0.15) is 18.7 Å². The van der Waals surface area contributed by atoms with Crippen LogP contribution in [0.3, 0.4) is 0 Å². The van der Waals surface area contributed by atoms with Crippen LogP contribution in [0, 0.1) is 0 Å². The van der Waals surface area contributed by atoms with E-state index in [2.05, 4.69) is 4.89 Å². The van der Waals surface area contributed by atoms with Crippen LogP contribution in [0.25, 0.3) is 6.08 Å². The molecular weight excluding hydrogens is 441 g/mol. The van der Waals surface area contributed by atoms with Gasteiger partial charge in [-0.3, -0.25) is 4.79 Å². The predicted molar refractivity (Wildman–Crippen MR) is 102 cm³/mol. The van der Waals surface area contributed by atoms with Gasteiger partial charge in [0, 0.05) is 10.0 Å². The van der Waals surface area contributed by atoms with Gasteiger partial charge in [-0.1, -0.05) is 59.6 Å². The zero-order valence-electron chi connectivity index (χ0n) is 17.2. The molecule has 2 aromatic rings. The first-order chi connectivity index (χ1) is 13.0. The zero-order valence-corrected chi connectivity index (χ0v) is 21.7. The van der Waals surface area contributed by atoms with Crippen LogP contribution >= 0.6 is 23.2 Å². The molecule has 1 aliphatic rings. The Bertz CT molecular complexity index is 705. The molecule has 0 spiro atoms. The van der Waals surface area contributed by atoms with Crippen molar-refractivity contribution in [3.8, 4) is 0 Å². The Balaban J connectivity index is -0.000000382. The number of epoxide rings is 1. The van der Waals surface area contributed by atoms with E-state index in [1.807, 2.05) is 54.6 Å². The predicted octanol–water partition coefficient (Wildman–Crippen LogP) is -3.33. The molecule has 1 saturated heterocycles. The fourth-order valence-electron chi connectivity index (χ4n) is 1.99. The first-order valence-electron chi connectivity index (χ1n) is 7.82. The molecule has 1 fully saturated rings. The minimum atomic E-state index is -0.181. The second-order valence-electron chi connectivity index (χ2n) is 5.16. The Hall–Kier alpha value is 0.0700. The first-order valence-corrected chi connectivity index (χ1v) is 8.58. The fourth-order valence-corrected chi connectivity index (χ4v) is 2.24. The van der Waals surface area contributed by atoms with Crippen LogP contribution in [0.15, 0.2) is 54.6 Å². The third-order valence-corrected chi connectivity index (χ3v) is 3.79. The monoisotopic (exact) mass is 460 g/mol. The van der Waals surface area contributed by atoms with Crippen LogP contribution in [-0.2, 0) is 14.4 Å². The summed E-state index contributed by atoms with van der Waals surface area (Å²) < 4.78 is 5.20. The number of rotatable bonds is 5. The Labute approximate surface area is 225 Å². The fraction of sp³-hybridized carbons (Fsp3) is 0.211. The van der Waals surface area contributed by atoms with E-state index in [0.717, 1.165) is 21.2 Å². The quantitative estimate of drug-likeness (QED) is 0.159. The smallest absolute Gasteiger partial charge is 1.00 e. The SMILES string of the molecule is O=CO[O-].OC/C=C/c1ccc(Cl)cc1.OCC1OC1c1ccc(Cl)cc1.[H-].[Na+].[Na+]. The van der Waals surface area contributed by atoms with Crippen LogP contribution in [0.2, 0.25) is 10.0 Å².